The maximum atomic E-state index is 15.6. The number of nitrogens with two attached hydrogens (primary N) is 1. The van der Waals surface area contributed by atoms with E-state index in [0.717, 1.165) is 11.1 Å². The highest BCUT2D eigenvalue weighted by Crippen LogP contribution is 2.55. The molecule has 0 saturated carbocycles. The van der Waals surface area contributed by atoms with Gasteiger partial charge in [0.15, 0.2) is 0 Å². The molecule has 1 amide bonds. The second-order valence-corrected chi connectivity index (χ2v) is 10.9. The van der Waals surface area contributed by atoms with Gasteiger partial charge in [0.1, 0.15) is 11.4 Å². The monoisotopic (exact) mass is 554 g/mol. The minimum Gasteiger partial charge on any atom is -0.465 e. The first kappa shape index (κ1) is 25.1. The summed E-state index contributed by atoms with van der Waals surface area (Å²) in [5.41, 5.74) is 9.24. The number of halogens is 3. The van der Waals surface area contributed by atoms with Gasteiger partial charge in [0.25, 0.3) is 0 Å². The molecule has 2 saturated heterocycles. The topological polar surface area (TPSA) is 105 Å². The molecule has 0 aliphatic carbocycles. The van der Waals surface area contributed by atoms with Crippen LogP contribution >= 0.6 is 23.2 Å². The molecular weight excluding hydrogens is 530 g/mol. The summed E-state index contributed by atoms with van der Waals surface area (Å²) in [6.07, 6.45) is 0.586. The number of nitrogens with one attached hydrogen (secondary N) is 3. The second kappa shape index (κ2) is 8.95. The number of hydrogen-bond donors (Lipinski definition) is 4. The molecule has 2 fully saturated rings. The van der Waals surface area contributed by atoms with Crippen molar-refractivity contribution in [2.45, 2.75) is 42.9 Å². The predicted octanol–water partition coefficient (Wildman–Crippen LogP) is 4.82. The van der Waals surface area contributed by atoms with Crippen LogP contribution in [0.2, 0.25) is 10.0 Å². The summed E-state index contributed by atoms with van der Waals surface area (Å²) in [4.78, 5) is 25.8. The molecule has 1 spiro atoms. The number of amides is 1. The van der Waals surface area contributed by atoms with Gasteiger partial charge in [-0.3, -0.25) is 10.1 Å². The third-order valence-electron chi connectivity index (χ3n) is 8.10. The van der Waals surface area contributed by atoms with Gasteiger partial charge >= 0.3 is 5.97 Å². The molecular formula is C28H25Cl2FN4O3. The van der Waals surface area contributed by atoms with Crippen molar-refractivity contribution in [3.05, 3.63) is 92.2 Å². The van der Waals surface area contributed by atoms with Crippen molar-refractivity contribution in [2.24, 2.45) is 0 Å². The zero-order valence-electron chi connectivity index (χ0n) is 20.6. The van der Waals surface area contributed by atoms with E-state index in [9.17, 15) is 9.59 Å². The Morgan fingerprint density at radius 1 is 1.16 bits per heavy atom. The van der Waals surface area contributed by atoms with E-state index in [4.69, 9.17) is 33.7 Å². The fourth-order valence-corrected chi connectivity index (χ4v) is 6.84. The van der Waals surface area contributed by atoms with Crippen LogP contribution in [0.15, 0.2) is 48.5 Å². The van der Waals surface area contributed by atoms with Crippen molar-refractivity contribution in [2.75, 3.05) is 18.2 Å². The minimum absolute atomic E-state index is 0.0105. The maximum Gasteiger partial charge on any atom is 0.338 e. The molecule has 196 valence electrons. The highest BCUT2D eigenvalue weighted by molar-refractivity contribution is 6.31. The summed E-state index contributed by atoms with van der Waals surface area (Å²) in [5, 5.41) is 10.6. The van der Waals surface area contributed by atoms with E-state index in [1.54, 1.807) is 30.3 Å². The molecule has 0 aromatic heterocycles. The van der Waals surface area contributed by atoms with Crippen LogP contribution in [0, 0.1) is 12.7 Å². The Labute approximate surface area is 228 Å². The fraction of sp³-hybridized carbons (Fsp3) is 0.286. The third kappa shape index (κ3) is 3.55. The van der Waals surface area contributed by atoms with Gasteiger partial charge in [-0.25, -0.2) is 9.18 Å². The van der Waals surface area contributed by atoms with Crippen molar-refractivity contribution < 1.29 is 18.7 Å². The van der Waals surface area contributed by atoms with Crippen LogP contribution in [0.5, 0.6) is 0 Å². The lowest BCUT2D eigenvalue weighted by molar-refractivity contribution is -0.122. The van der Waals surface area contributed by atoms with Gasteiger partial charge in [-0.05, 0) is 54.3 Å². The summed E-state index contributed by atoms with van der Waals surface area (Å²) in [6.45, 7) is 1.83. The molecule has 10 heteroatoms. The lowest BCUT2D eigenvalue weighted by Gasteiger charge is -2.34. The number of methoxy groups -OCH3 is 1. The molecule has 3 aliphatic heterocycles. The molecule has 5 atom stereocenters. The smallest absolute Gasteiger partial charge is 0.338 e. The Kier molecular flexibility index (Phi) is 5.92. The zero-order chi connectivity index (χ0) is 26.9. The number of carbonyl (C=O) groups excluding carboxylic acids is 2. The summed E-state index contributed by atoms with van der Waals surface area (Å²) in [7, 11) is 1.33. The lowest BCUT2D eigenvalue weighted by atomic mass is 9.74. The van der Waals surface area contributed by atoms with E-state index in [1.165, 1.54) is 13.2 Å². The Morgan fingerprint density at radius 3 is 2.71 bits per heavy atom. The number of carbonyl (C=O) groups is 2. The molecule has 0 radical (unpaired) electrons. The van der Waals surface area contributed by atoms with E-state index in [1.807, 2.05) is 19.1 Å². The van der Waals surface area contributed by atoms with Gasteiger partial charge in [0, 0.05) is 46.0 Å². The van der Waals surface area contributed by atoms with Crippen molar-refractivity contribution in [3.63, 3.8) is 0 Å². The Morgan fingerprint density at radius 2 is 1.95 bits per heavy atom. The molecule has 7 nitrogen and oxygen atoms in total. The maximum absolute atomic E-state index is 15.6. The molecule has 3 heterocycles. The van der Waals surface area contributed by atoms with E-state index >= 15 is 4.39 Å². The Hall–Kier alpha value is -3.17. The number of esters is 1. The SMILES string of the molecule is COC(=O)c1cc(N)c(C2C[C@@H]3N[C@@]4(C(=O)Nc5cc(Cl)ccc54)[C@@H](c4cccc(Cl)c4F)[C@@H]3N2)cc1C. The minimum atomic E-state index is -1.23. The fourth-order valence-electron chi connectivity index (χ4n) is 6.49. The van der Waals surface area contributed by atoms with Crippen LogP contribution in [0.4, 0.5) is 15.8 Å². The first-order valence-electron chi connectivity index (χ1n) is 12.2. The van der Waals surface area contributed by atoms with Gasteiger partial charge in [-0.15, -0.1) is 0 Å². The molecule has 38 heavy (non-hydrogen) atoms. The Bertz CT molecular complexity index is 1520. The lowest BCUT2D eigenvalue weighted by Crippen LogP contribution is -2.50. The van der Waals surface area contributed by atoms with Crippen LogP contribution < -0.4 is 21.7 Å². The van der Waals surface area contributed by atoms with E-state index < -0.39 is 23.2 Å². The van der Waals surface area contributed by atoms with Crippen molar-refractivity contribution >= 4 is 46.5 Å². The zero-order valence-corrected chi connectivity index (χ0v) is 22.1. The predicted molar refractivity (Wildman–Crippen MR) is 144 cm³/mol. The highest BCUT2D eigenvalue weighted by atomic mass is 35.5. The van der Waals surface area contributed by atoms with Crippen LogP contribution in [-0.2, 0) is 15.1 Å². The largest absolute Gasteiger partial charge is 0.465 e. The highest BCUT2D eigenvalue weighted by Gasteiger charge is 2.64. The van der Waals surface area contributed by atoms with Crippen LogP contribution in [-0.4, -0.2) is 31.1 Å². The number of ether oxygens (including phenoxy) is 1. The average molecular weight is 555 g/mol. The summed E-state index contributed by atoms with van der Waals surface area (Å²) >= 11 is 12.4. The number of fused-ring (bicyclic) bond motifs is 3. The first-order valence-corrected chi connectivity index (χ1v) is 13.0. The molecule has 5 N–H and O–H groups in total. The van der Waals surface area contributed by atoms with Gasteiger partial charge in [0.05, 0.1) is 17.7 Å². The van der Waals surface area contributed by atoms with Gasteiger partial charge < -0.3 is 21.1 Å². The molecule has 3 aliphatic rings. The van der Waals surface area contributed by atoms with Crippen molar-refractivity contribution in [3.8, 4) is 0 Å². The third-order valence-corrected chi connectivity index (χ3v) is 8.62. The summed E-state index contributed by atoms with van der Waals surface area (Å²) in [6, 6.07) is 12.9. The molecule has 0 bridgehead atoms. The van der Waals surface area contributed by atoms with Crippen molar-refractivity contribution in [1.29, 1.82) is 0 Å². The number of anilines is 2. The average Bonchev–Trinajstić information content (AvgIpc) is 3.51. The van der Waals surface area contributed by atoms with Gasteiger partial charge in [-0.2, -0.15) is 0 Å². The number of benzene rings is 3. The van der Waals surface area contributed by atoms with Gasteiger partial charge in [0.2, 0.25) is 5.91 Å². The van der Waals surface area contributed by atoms with Crippen LogP contribution in [0.3, 0.4) is 0 Å². The standard InChI is InChI=1S/C28H25Cl2FN4O3/c1-12-8-16(19(32)10-15(12)26(36)38-2)20-11-22-25(33-20)23(14-4-3-5-18(30)24(14)31)28(35-22)17-7-6-13(29)9-21(17)34-27(28)37/h3-10,20,22-23,25,33,35H,11,32H2,1-2H3,(H,34,37)/t20?,22-,23-,25+,28+/m0/s1. The number of rotatable bonds is 3. The van der Waals surface area contributed by atoms with Crippen LogP contribution in [0.25, 0.3) is 0 Å². The summed E-state index contributed by atoms with van der Waals surface area (Å²) < 4.78 is 20.5. The van der Waals surface area contributed by atoms with Crippen molar-refractivity contribution in [1.82, 2.24) is 10.6 Å². The molecule has 3 aromatic carbocycles. The van der Waals surface area contributed by atoms with Crippen LogP contribution in [0.1, 0.15) is 51.0 Å². The molecule has 1 unspecified atom stereocenters. The van der Waals surface area contributed by atoms with Gasteiger partial charge in [-0.1, -0.05) is 47.5 Å². The number of nitrogen functional groups attached to an aromatic ring is 1. The molecule has 3 aromatic rings. The normalized spacial score (nSPS) is 27.3. The Balaban J connectivity index is 1.45. The number of hydrogen-bond acceptors (Lipinski definition) is 6. The quantitative estimate of drug-likeness (QED) is 0.273. The summed E-state index contributed by atoms with van der Waals surface area (Å²) in [5.74, 6) is -1.91. The first-order chi connectivity index (χ1) is 18.1. The van der Waals surface area contributed by atoms with E-state index in [2.05, 4.69) is 16.0 Å². The number of aryl methyl sites for hydroxylation is 1. The molecule has 6 rings (SSSR count). The van der Waals surface area contributed by atoms with E-state index in [0.29, 0.717) is 39.5 Å². The van der Waals surface area contributed by atoms with E-state index in [-0.39, 0.29) is 29.1 Å². The second-order valence-electron chi connectivity index (χ2n) is 10.1.